The molecule has 0 saturated carbocycles. The van der Waals surface area contributed by atoms with E-state index in [1.54, 1.807) is 0 Å². The van der Waals surface area contributed by atoms with Gasteiger partial charge in [0.25, 0.3) is 5.95 Å². The van der Waals surface area contributed by atoms with Crippen molar-refractivity contribution >= 4 is 5.97 Å². The van der Waals surface area contributed by atoms with Gasteiger partial charge >= 0.3 is 5.97 Å². The van der Waals surface area contributed by atoms with E-state index in [9.17, 15) is 4.79 Å². The smallest absolute Gasteiger partial charge is 0.302 e. The van der Waals surface area contributed by atoms with Crippen molar-refractivity contribution in [1.82, 2.24) is 0 Å². The van der Waals surface area contributed by atoms with E-state index in [0.717, 1.165) is 17.9 Å². The van der Waals surface area contributed by atoms with Gasteiger partial charge in [-0.25, -0.2) is 0 Å². The Morgan fingerprint density at radius 1 is 1.20 bits per heavy atom. The van der Waals surface area contributed by atoms with Crippen LogP contribution >= 0.6 is 0 Å². The summed E-state index contributed by atoms with van der Waals surface area (Å²) in [4.78, 5) is 10.3. The fourth-order valence-corrected chi connectivity index (χ4v) is 1.41. The van der Waals surface area contributed by atoms with E-state index in [2.05, 4.69) is 20.4 Å². The van der Waals surface area contributed by atoms with Crippen molar-refractivity contribution in [3.63, 3.8) is 0 Å². The normalized spacial score (nSPS) is 15.6. The molecule has 0 N–H and O–H groups in total. The molecule has 1 rings (SSSR count). The zero-order valence-corrected chi connectivity index (χ0v) is 13.8. The maximum atomic E-state index is 10.3. The van der Waals surface area contributed by atoms with Crippen molar-refractivity contribution in [2.75, 3.05) is 0 Å². The van der Waals surface area contributed by atoms with Gasteiger partial charge in [0.2, 0.25) is 0 Å². The molecule has 0 fully saturated rings. The highest BCUT2D eigenvalue weighted by molar-refractivity contribution is 5.66. The second-order valence-electron chi connectivity index (χ2n) is 5.71. The van der Waals surface area contributed by atoms with E-state index in [-0.39, 0.29) is 12.1 Å². The molecule has 0 aromatic rings. The summed E-state index contributed by atoms with van der Waals surface area (Å²) in [5.74, 6) is 2.98. The third-order valence-corrected chi connectivity index (χ3v) is 2.78. The lowest BCUT2D eigenvalue weighted by Crippen LogP contribution is -2.17. The Balaban J connectivity index is 0.000000370. The Hall–Kier alpha value is -1.45. The minimum atomic E-state index is -0.198. The first-order valence-electron chi connectivity index (χ1n) is 7.05. The fourth-order valence-electron chi connectivity index (χ4n) is 1.41. The molecule has 4 nitrogen and oxygen atoms in total. The van der Waals surface area contributed by atoms with Crippen LogP contribution in [0.15, 0.2) is 24.0 Å². The summed E-state index contributed by atoms with van der Waals surface area (Å²) in [5, 5.41) is 0. The Morgan fingerprint density at radius 2 is 1.75 bits per heavy atom. The second-order valence-corrected chi connectivity index (χ2v) is 5.71. The lowest BCUT2D eigenvalue weighted by molar-refractivity contribution is -0.147. The minimum Gasteiger partial charge on any atom is -0.463 e. The average molecular weight is 284 g/mol. The summed E-state index contributed by atoms with van der Waals surface area (Å²) in [7, 11) is 0. The van der Waals surface area contributed by atoms with Gasteiger partial charge in [0.15, 0.2) is 0 Å². The molecule has 116 valence electrons. The molecule has 0 radical (unpaired) electrons. The third kappa shape index (κ3) is 7.87. The predicted octanol–water partition coefficient (Wildman–Crippen LogP) is 4.38. The van der Waals surface area contributed by atoms with Crippen LogP contribution in [0.3, 0.4) is 0 Å². The third-order valence-electron chi connectivity index (χ3n) is 2.78. The van der Waals surface area contributed by atoms with Crippen molar-refractivity contribution in [2.24, 2.45) is 11.8 Å². The summed E-state index contributed by atoms with van der Waals surface area (Å²) in [6.07, 6.45) is 0.965. The number of carbonyl (C=O) groups is 1. The Morgan fingerprint density at radius 3 is 2.00 bits per heavy atom. The van der Waals surface area contributed by atoms with Gasteiger partial charge in [0, 0.05) is 13.3 Å². The highest BCUT2D eigenvalue weighted by Crippen LogP contribution is 2.27. The zero-order chi connectivity index (χ0) is 15.9. The van der Waals surface area contributed by atoms with Gasteiger partial charge < -0.3 is 14.2 Å². The van der Waals surface area contributed by atoms with Gasteiger partial charge in [0.05, 0.1) is 0 Å². The SMILES string of the molecule is C=C1OC(C)=C(CC(C)C)O1.CC(=O)OC(C)C(C)C. The van der Waals surface area contributed by atoms with E-state index < -0.39 is 0 Å². The molecule has 0 amide bonds. The van der Waals surface area contributed by atoms with Crippen molar-refractivity contribution in [3.05, 3.63) is 24.0 Å². The first kappa shape index (κ1) is 18.6. The number of rotatable bonds is 4. The molecule has 4 heteroatoms. The van der Waals surface area contributed by atoms with Crippen LogP contribution in [0.2, 0.25) is 0 Å². The average Bonchev–Trinajstić information content (AvgIpc) is 2.56. The molecule has 20 heavy (non-hydrogen) atoms. The van der Waals surface area contributed by atoms with Crippen LogP contribution in [0.25, 0.3) is 0 Å². The van der Waals surface area contributed by atoms with Gasteiger partial charge in [-0.15, -0.1) is 0 Å². The van der Waals surface area contributed by atoms with Crippen LogP contribution in [0, 0.1) is 11.8 Å². The Bertz CT molecular complexity index is 367. The first-order chi connectivity index (χ1) is 9.13. The molecular weight excluding hydrogens is 256 g/mol. The van der Waals surface area contributed by atoms with Crippen LogP contribution in [-0.4, -0.2) is 12.1 Å². The maximum Gasteiger partial charge on any atom is 0.302 e. The van der Waals surface area contributed by atoms with Crippen molar-refractivity contribution in [1.29, 1.82) is 0 Å². The quantitative estimate of drug-likeness (QED) is 0.719. The van der Waals surface area contributed by atoms with E-state index in [4.69, 9.17) is 14.2 Å². The Labute approximate surface area is 122 Å². The molecule has 0 spiro atoms. The lowest BCUT2D eigenvalue weighted by atomic mass is 10.1. The van der Waals surface area contributed by atoms with Crippen LogP contribution in [0.4, 0.5) is 0 Å². The van der Waals surface area contributed by atoms with Crippen LogP contribution in [0.1, 0.15) is 54.9 Å². The monoisotopic (exact) mass is 284 g/mol. The van der Waals surface area contributed by atoms with Gasteiger partial charge in [-0.3, -0.25) is 4.79 Å². The number of esters is 1. The standard InChI is InChI=1S/C9H14O2.C7H14O2/c1-6(2)5-9-7(3)10-8(4)11-9;1-5(2)6(3)9-7(4)8/h6H,4-5H2,1-3H3;5-6H,1-4H3. The van der Waals surface area contributed by atoms with Crippen LogP contribution < -0.4 is 0 Å². The van der Waals surface area contributed by atoms with Crippen LogP contribution in [-0.2, 0) is 19.0 Å². The molecule has 0 bridgehead atoms. The van der Waals surface area contributed by atoms with Crippen LogP contribution in [0.5, 0.6) is 0 Å². The minimum absolute atomic E-state index is 0.0440. The first-order valence-corrected chi connectivity index (χ1v) is 7.05. The van der Waals surface area contributed by atoms with E-state index in [0.29, 0.717) is 17.8 Å². The number of hydrogen-bond donors (Lipinski definition) is 0. The predicted molar refractivity (Wildman–Crippen MR) is 79.5 cm³/mol. The van der Waals surface area contributed by atoms with Gasteiger partial charge in [0.1, 0.15) is 17.6 Å². The summed E-state index contributed by atoms with van der Waals surface area (Å²) in [6, 6.07) is 0. The highest BCUT2D eigenvalue weighted by Gasteiger charge is 2.18. The van der Waals surface area contributed by atoms with E-state index >= 15 is 0 Å². The highest BCUT2D eigenvalue weighted by atomic mass is 16.7. The molecule has 1 atom stereocenters. The largest absolute Gasteiger partial charge is 0.463 e. The summed E-state index contributed by atoms with van der Waals surface area (Å²) < 4.78 is 15.3. The zero-order valence-electron chi connectivity index (χ0n) is 13.8. The second kappa shape index (κ2) is 8.67. The number of hydrogen-bond acceptors (Lipinski definition) is 4. The molecule has 0 saturated heterocycles. The summed E-state index contributed by atoms with van der Waals surface area (Å²) in [5.41, 5.74) is 0. The molecule has 1 unspecified atom stereocenters. The van der Waals surface area contributed by atoms with Gasteiger partial charge in [-0.2, -0.15) is 0 Å². The molecule has 1 heterocycles. The van der Waals surface area contributed by atoms with Crippen molar-refractivity contribution < 1.29 is 19.0 Å². The molecule has 0 aliphatic carbocycles. The summed E-state index contributed by atoms with van der Waals surface area (Å²) >= 11 is 0. The Kier molecular flexibility index (Phi) is 8.04. The molecule has 0 aromatic heterocycles. The topological polar surface area (TPSA) is 44.8 Å². The fraction of sp³-hybridized carbons (Fsp3) is 0.688. The van der Waals surface area contributed by atoms with E-state index in [1.165, 1.54) is 6.92 Å². The number of carbonyl (C=O) groups excluding carboxylic acids is 1. The van der Waals surface area contributed by atoms with Crippen molar-refractivity contribution in [3.8, 4) is 0 Å². The molecule has 1 aliphatic heterocycles. The molecular formula is C16H28O4. The number of ether oxygens (including phenoxy) is 3. The number of allylic oxidation sites excluding steroid dienone is 2. The van der Waals surface area contributed by atoms with E-state index in [1.807, 2.05) is 27.7 Å². The summed E-state index contributed by atoms with van der Waals surface area (Å²) in [6.45, 7) is 17.1. The van der Waals surface area contributed by atoms with Crippen molar-refractivity contribution in [2.45, 2.75) is 61.0 Å². The van der Waals surface area contributed by atoms with Gasteiger partial charge in [-0.05, 0) is 32.3 Å². The maximum absolute atomic E-state index is 10.3. The lowest BCUT2D eigenvalue weighted by Gasteiger charge is -2.14. The molecule has 1 aliphatic rings. The van der Waals surface area contributed by atoms with Gasteiger partial charge in [-0.1, -0.05) is 27.7 Å². The molecule has 0 aromatic carbocycles.